The Morgan fingerprint density at radius 1 is 0.435 bits per heavy atom. The fourth-order valence-electron chi connectivity index (χ4n) is 6.15. The third-order valence-electron chi connectivity index (χ3n) is 8.59. The molecular weight excluding hydrogens is 568 g/mol. The second kappa shape index (κ2) is 10.8. The van der Waals surface area contributed by atoms with E-state index in [1.807, 2.05) is 83.9 Å². The van der Waals surface area contributed by atoms with Crippen molar-refractivity contribution in [1.29, 1.82) is 0 Å². The Hall–Kier alpha value is -6.15. The Kier molecular flexibility index (Phi) is 6.42. The lowest BCUT2D eigenvalue weighted by atomic mass is 10.1. The monoisotopic (exact) mass is 601 g/mol. The molecule has 0 spiro atoms. The highest BCUT2D eigenvalue weighted by Gasteiger charge is 2.18. The molecule has 8 bridgehead atoms. The molecule has 4 N–H and O–H groups in total. The van der Waals surface area contributed by atoms with Crippen LogP contribution in [0.15, 0.2) is 97.8 Å². The molecule has 0 fully saturated rings. The summed E-state index contributed by atoms with van der Waals surface area (Å²) in [5.74, 6) is 0. The van der Waals surface area contributed by atoms with Crippen LogP contribution in [0.25, 0.3) is 79.8 Å². The highest BCUT2D eigenvalue weighted by atomic mass is 14.9. The van der Waals surface area contributed by atoms with E-state index in [0.717, 1.165) is 66.8 Å². The summed E-state index contributed by atoms with van der Waals surface area (Å²) in [5.41, 5.74) is 20.5. The number of rotatable bonds is 3. The molecule has 0 aliphatic carbocycles. The molecule has 8 heterocycles. The van der Waals surface area contributed by atoms with Crippen LogP contribution < -0.4 is 19.4 Å². The molecule has 6 aromatic heterocycles. The first-order valence-electron chi connectivity index (χ1n) is 15.2. The lowest BCUT2D eigenvalue weighted by Crippen LogP contribution is -2.25. The molecule has 222 valence electrons. The Bertz CT molecular complexity index is 2230. The van der Waals surface area contributed by atoms with Crippen LogP contribution in [0.1, 0.15) is 22.8 Å². The number of fused-ring (bicyclic) bond motifs is 8. The van der Waals surface area contributed by atoms with Crippen molar-refractivity contribution in [3.8, 4) is 33.4 Å². The van der Waals surface area contributed by atoms with Gasteiger partial charge < -0.3 is 15.7 Å². The van der Waals surface area contributed by atoms with Gasteiger partial charge in [0.15, 0.2) is 37.2 Å². The molecule has 0 unspecified atom stereocenters. The van der Waals surface area contributed by atoms with Gasteiger partial charge in [-0.25, -0.2) is 23.7 Å². The van der Waals surface area contributed by atoms with E-state index in [1.54, 1.807) is 0 Å². The van der Waals surface area contributed by atoms with E-state index in [4.69, 9.17) is 15.7 Å². The summed E-state index contributed by atoms with van der Waals surface area (Å²) in [6.07, 6.45) is 20.4. The third-order valence-corrected chi connectivity index (χ3v) is 8.59. The van der Waals surface area contributed by atoms with E-state index in [0.29, 0.717) is 17.1 Å². The van der Waals surface area contributed by atoms with E-state index < -0.39 is 0 Å². The number of anilines is 1. The molecule has 2 aliphatic rings. The molecule has 0 atom stereocenters. The van der Waals surface area contributed by atoms with Gasteiger partial charge in [0.1, 0.15) is 21.1 Å². The zero-order valence-electron chi connectivity index (χ0n) is 25.9. The Labute approximate surface area is 266 Å². The molecular formula is C38H33N8+3. The van der Waals surface area contributed by atoms with E-state index >= 15 is 0 Å². The van der Waals surface area contributed by atoms with Crippen molar-refractivity contribution in [2.75, 3.05) is 5.73 Å². The first kappa shape index (κ1) is 27.4. The molecule has 0 amide bonds. The summed E-state index contributed by atoms with van der Waals surface area (Å²) in [6.45, 7) is 0. The van der Waals surface area contributed by atoms with Crippen LogP contribution in [0, 0.1) is 0 Å². The van der Waals surface area contributed by atoms with Gasteiger partial charge in [-0.1, -0.05) is 0 Å². The molecule has 8 nitrogen and oxygen atoms in total. The number of pyridine rings is 3. The van der Waals surface area contributed by atoms with Crippen molar-refractivity contribution in [2.45, 2.75) is 0 Å². The molecule has 8 rings (SSSR count). The SMILES string of the molecule is C[n+]1ccc(-c2c3nc(c(N)c4nc(c(-c5cc[n+](C)cc5)c5ccc([nH]5)c(-c5cc[n+](C)cc5)c5ccc2[nH]5)C=C4)C=C3)cc1. The Balaban J connectivity index is 1.54. The Morgan fingerprint density at radius 3 is 1.11 bits per heavy atom. The van der Waals surface area contributed by atoms with Crippen LogP contribution in [-0.4, -0.2) is 19.9 Å². The maximum Gasteiger partial charge on any atom is 0.169 e. The van der Waals surface area contributed by atoms with Crippen LogP contribution in [-0.2, 0) is 21.1 Å². The highest BCUT2D eigenvalue weighted by molar-refractivity contribution is 5.99. The molecule has 0 aromatic carbocycles. The predicted molar refractivity (Wildman–Crippen MR) is 183 cm³/mol. The summed E-state index contributed by atoms with van der Waals surface area (Å²) in [5, 5.41) is 0. The maximum atomic E-state index is 6.77. The maximum absolute atomic E-state index is 6.77. The molecule has 6 aromatic rings. The molecule has 8 heteroatoms. The molecule has 2 aliphatic heterocycles. The van der Waals surface area contributed by atoms with Crippen molar-refractivity contribution in [3.63, 3.8) is 0 Å². The van der Waals surface area contributed by atoms with Crippen LogP contribution in [0.4, 0.5) is 5.69 Å². The first-order valence-corrected chi connectivity index (χ1v) is 15.2. The topological polar surface area (TPSA) is 95.0 Å². The largest absolute Gasteiger partial charge is 0.395 e. The number of hydrogen-bond donors (Lipinski definition) is 3. The summed E-state index contributed by atoms with van der Waals surface area (Å²) < 4.78 is 6.10. The van der Waals surface area contributed by atoms with Gasteiger partial charge in [0.25, 0.3) is 0 Å². The van der Waals surface area contributed by atoms with Gasteiger partial charge >= 0.3 is 0 Å². The number of hydrogen-bond acceptors (Lipinski definition) is 3. The van der Waals surface area contributed by atoms with Crippen molar-refractivity contribution < 1.29 is 13.7 Å². The number of aromatic nitrogens is 7. The molecule has 0 saturated heterocycles. The van der Waals surface area contributed by atoms with Gasteiger partial charge in [0, 0.05) is 75.2 Å². The molecule has 0 radical (unpaired) electrons. The van der Waals surface area contributed by atoms with Crippen LogP contribution in [0.5, 0.6) is 0 Å². The zero-order chi connectivity index (χ0) is 31.4. The second-order valence-electron chi connectivity index (χ2n) is 11.8. The average Bonchev–Trinajstić information content (AvgIpc) is 3.89. The Morgan fingerprint density at radius 2 is 0.739 bits per heavy atom. The predicted octanol–water partition coefficient (Wildman–Crippen LogP) is 5.71. The quantitative estimate of drug-likeness (QED) is 0.226. The minimum absolute atomic E-state index is 0.537. The van der Waals surface area contributed by atoms with Gasteiger partial charge in [0.05, 0.1) is 28.5 Å². The number of aromatic amines is 2. The number of nitrogen functional groups attached to an aromatic ring is 1. The van der Waals surface area contributed by atoms with E-state index in [2.05, 4.69) is 83.0 Å². The summed E-state index contributed by atoms with van der Waals surface area (Å²) >= 11 is 0. The zero-order valence-corrected chi connectivity index (χ0v) is 25.9. The van der Waals surface area contributed by atoms with Crippen molar-refractivity contribution >= 4 is 52.1 Å². The smallest absolute Gasteiger partial charge is 0.169 e. The number of nitrogens with one attached hydrogen (secondary N) is 2. The number of nitrogens with zero attached hydrogens (tertiary/aromatic N) is 5. The standard InChI is InChI=1S/C38H32N8/c1-44-18-12-24(13-19-44)35-27-4-6-29(40-27)36(25-14-20-45(2)21-15-25)31-8-10-33(42-31)38(39)34-11-9-32(43-34)37(30-7-5-28(35)41-30)26-16-22-46(3)23-17-26/h4-23H,1-3H3,(H3,39,40,41,42,43)/q+2/p+1. The van der Waals surface area contributed by atoms with Gasteiger partial charge in [0.2, 0.25) is 0 Å². The van der Waals surface area contributed by atoms with E-state index in [1.165, 1.54) is 0 Å². The molecule has 0 saturated carbocycles. The van der Waals surface area contributed by atoms with Crippen LogP contribution in [0.3, 0.4) is 0 Å². The summed E-state index contributed by atoms with van der Waals surface area (Å²) in [4.78, 5) is 17.7. The number of aryl methyl sites for hydroxylation is 3. The van der Waals surface area contributed by atoms with Gasteiger partial charge in [-0.3, -0.25) is 0 Å². The molecule has 46 heavy (non-hydrogen) atoms. The van der Waals surface area contributed by atoms with Gasteiger partial charge in [-0.2, -0.15) is 0 Å². The van der Waals surface area contributed by atoms with Crippen LogP contribution in [0.2, 0.25) is 0 Å². The fourth-order valence-corrected chi connectivity index (χ4v) is 6.15. The fraction of sp³-hybridized carbons (Fsp3) is 0.0789. The lowest BCUT2D eigenvalue weighted by molar-refractivity contribution is -0.671. The van der Waals surface area contributed by atoms with Crippen molar-refractivity contribution in [3.05, 3.63) is 121 Å². The van der Waals surface area contributed by atoms with E-state index in [9.17, 15) is 0 Å². The summed E-state index contributed by atoms with van der Waals surface area (Å²) in [6, 6.07) is 21.3. The second-order valence-corrected chi connectivity index (χ2v) is 11.8. The number of nitrogens with two attached hydrogens (primary N) is 1. The van der Waals surface area contributed by atoms with E-state index in [-0.39, 0.29) is 0 Å². The number of H-pyrrole nitrogens is 2. The highest BCUT2D eigenvalue weighted by Crippen LogP contribution is 2.36. The lowest BCUT2D eigenvalue weighted by Gasteiger charge is -2.05. The first-order chi connectivity index (χ1) is 22.4. The minimum atomic E-state index is 0.537. The third kappa shape index (κ3) is 4.77. The minimum Gasteiger partial charge on any atom is -0.395 e. The summed E-state index contributed by atoms with van der Waals surface area (Å²) in [7, 11) is 6.06. The van der Waals surface area contributed by atoms with Crippen LogP contribution >= 0.6 is 0 Å². The van der Waals surface area contributed by atoms with Gasteiger partial charge in [-0.15, -0.1) is 0 Å². The van der Waals surface area contributed by atoms with Crippen molar-refractivity contribution in [2.24, 2.45) is 21.1 Å². The van der Waals surface area contributed by atoms with Gasteiger partial charge in [-0.05, 0) is 65.3 Å². The average molecular weight is 602 g/mol. The normalized spacial score (nSPS) is 12.2. The van der Waals surface area contributed by atoms with Crippen molar-refractivity contribution in [1.82, 2.24) is 19.9 Å².